The van der Waals surface area contributed by atoms with E-state index in [1.165, 1.54) is 25.5 Å². The summed E-state index contributed by atoms with van der Waals surface area (Å²) in [5.41, 5.74) is 1.73. The lowest BCUT2D eigenvalue weighted by Crippen LogP contribution is -2.56. The Hall–Kier alpha value is -2.08. The van der Waals surface area contributed by atoms with E-state index in [-0.39, 0.29) is 23.5 Å². The highest BCUT2D eigenvalue weighted by atomic mass is 16.5. The second-order valence-electron chi connectivity index (χ2n) is 10.1. The quantitative estimate of drug-likeness (QED) is 0.831. The lowest BCUT2D eigenvalue weighted by molar-refractivity contribution is -0.120. The van der Waals surface area contributed by atoms with E-state index in [9.17, 15) is 9.59 Å². The van der Waals surface area contributed by atoms with Gasteiger partial charge in [-0.15, -0.1) is 0 Å². The number of methoxy groups -OCH3 is 1. The monoisotopic (exact) mass is 411 g/mol. The summed E-state index contributed by atoms with van der Waals surface area (Å²) in [6.45, 7) is 3.85. The van der Waals surface area contributed by atoms with E-state index >= 15 is 0 Å². The lowest BCUT2D eigenvalue weighted by atomic mass is 9.63. The second-order valence-corrected chi connectivity index (χ2v) is 10.1. The summed E-state index contributed by atoms with van der Waals surface area (Å²) in [6, 6.07) is 11.4. The molecule has 1 saturated carbocycles. The van der Waals surface area contributed by atoms with Crippen LogP contribution in [0, 0.1) is 10.8 Å². The Balaban J connectivity index is 1.17. The van der Waals surface area contributed by atoms with Crippen LogP contribution in [0.5, 0.6) is 0 Å². The van der Waals surface area contributed by atoms with E-state index in [2.05, 4.69) is 34.5 Å². The number of nitrogens with one attached hydrogen (secondary N) is 1. The van der Waals surface area contributed by atoms with E-state index in [4.69, 9.17) is 4.74 Å². The fraction of sp³-hybridized carbons (Fsp3) is 0.667. The molecule has 0 bridgehead atoms. The van der Waals surface area contributed by atoms with Crippen LogP contribution in [0.2, 0.25) is 0 Å². The van der Waals surface area contributed by atoms with Crippen LogP contribution in [0.3, 0.4) is 0 Å². The van der Waals surface area contributed by atoms with Crippen molar-refractivity contribution in [2.75, 3.05) is 33.3 Å². The number of carbonyl (C=O) groups excluding carboxylic acids is 2. The minimum absolute atomic E-state index is 0.111. The van der Waals surface area contributed by atoms with Crippen LogP contribution < -0.4 is 5.32 Å². The van der Waals surface area contributed by atoms with Gasteiger partial charge in [0, 0.05) is 37.0 Å². The van der Waals surface area contributed by atoms with Crippen LogP contribution in [0.15, 0.2) is 30.3 Å². The van der Waals surface area contributed by atoms with Gasteiger partial charge in [-0.25, -0.2) is 4.79 Å². The van der Waals surface area contributed by atoms with Crippen LogP contribution in [0.25, 0.3) is 0 Å². The topological polar surface area (TPSA) is 61.9 Å². The molecule has 1 unspecified atom stereocenters. The molecule has 0 radical (unpaired) electrons. The Labute approximate surface area is 178 Å². The van der Waals surface area contributed by atoms with Crippen LogP contribution in [0.4, 0.5) is 4.79 Å². The van der Waals surface area contributed by atoms with Gasteiger partial charge in [-0.2, -0.15) is 0 Å². The van der Waals surface area contributed by atoms with Crippen molar-refractivity contribution in [3.8, 4) is 0 Å². The van der Waals surface area contributed by atoms with Gasteiger partial charge in [0.1, 0.15) is 0 Å². The smallest absolute Gasteiger partial charge is 0.409 e. The highest BCUT2D eigenvalue weighted by molar-refractivity contribution is 5.80. The first-order chi connectivity index (χ1) is 14.5. The number of hydrogen-bond acceptors (Lipinski definition) is 4. The molecule has 0 aromatic heterocycles. The van der Waals surface area contributed by atoms with Crippen molar-refractivity contribution in [2.24, 2.45) is 10.8 Å². The Morgan fingerprint density at radius 2 is 1.87 bits per heavy atom. The third kappa shape index (κ3) is 3.49. The van der Waals surface area contributed by atoms with Gasteiger partial charge >= 0.3 is 6.09 Å². The van der Waals surface area contributed by atoms with Crippen LogP contribution in [-0.2, 0) is 16.0 Å². The van der Waals surface area contributed by atoms with Crippen molar-refractivity contribution in [3.05, 3.63) is 35.9 Å². The molecule has 1 N–H and O–H groups in total. The second kappa shape index (κ2) is 7.56. The molecule has 2 amide bonds. The minimum atomic E-state index is -0.182. The molecule has 162 valence electrons. The van der Waals surface area contributed by atoms with E-state index in [0.29, 0.717) is 17.9 Å². The molecule has 3 aliphatic heterocycles. The Morgan fingerprint density at radius 3 is 2.57 bits per heavy atom. The number of amides is 2. The summed E-state index contributed by atoms with van der Waals surface area (Å²) >= 11 is 0. The van der Waals surface area contributed by atoms with Gasteiger partial charge in [0.05, 0.1) is 7.11 Å². The van der Waals surface area contributed by atoms with Gasteiger partial charge in [0.2, 0.25) is 5.91 Å². The molecule has 1 aliphatic carbocycles. The fourth-order valence-corrected chi connectivity index (χ4v) is 6.57. The maximum Gasteiger partial charge on any atom is 0.409 e. The summed E-state index contributed by atoms with van der Waals surface area (Å²) in [4.78, 5) is 28.6. The summed E-state index contributed by atoms with van der Waals surface area (Å²) in [5.74, 6) is 0.223. The third-order valence-corrected chi connectivity index (χ3v) is 8.39. The van der Waals surface area contributed by atoms with Crippen molar-refractivity contribution in [3.63, 3.8) is 0 Å². The maximum atomic E-state index is 12.3. The van der Waals surface area contributed by atoms with Gasteiger partial charge in [-0.3, -0.25) is 4.79 Å². The van der Waals surface area contributed by atoms with Crippen molar-refractivity contribution in [1.29, 1.82) is 0 Å². The molecule has 2 spiro atoms. The van der Waals surface area contributed by atoms with E-state index in [1.54, 1.807) is 0 Å². The lowest BCUT2D eigenvalue weighted by Gasteiger charge is -2.53. The molecule has 3 heterocycles. The summed E-state index contributed by atoms with van der Waals surface area (Å²) in [7, 11) is 1.47. The maximum absolute atomic E-state index is 12.3. The molecular weight excluding hydrogens is 378 g/mol. The summed E-state index contributed by atoms with van der Waals surface area (Å²) in [5, 5.41) is 3.29. The van der Waals surface area contributed by atoms with Gasteiger partial charge < -0.3 is 19.9 Å². The molecule has 4 fully saturated rings. The van der Waals surface area contributed by atoms with Gasteiger partial charge in [-0.05, 0) is 62.6 Å². The average Bonchev–Trinajstić information content (AvgIpc) is 3.30. The largest absolute Gasteiger partial charge is 0.453 e. The molecule has 1 atom stereocenters. The number of piperidine rings is 1. The molecule has 3 saturated heterocycles. The molecule has 6 heteroatoms. The van der Waals surface area contributed by atoms with E-state index < -0.39 is 0 Å². The van der Waals surface area contributed by atoms with Crippen LogP contribution >= 0.6 is 0 Å². The SMILES string of the molecule is COC(=O)N1CCC2(CC(N3CCC4(CC3)CC(=O)NC4Cc3ccccc3)C2)C1. The van der Waals surface area contributed by atoms with Crippen molar-refractivity contribution in [2.45, 2.75) is 57.0 Å². The molecule has 4 aliphatic rings. The number of likely N-dealkylation sites (tertiary alicyclic amines) is 2. The molecule has 6 nitrogen and oxygen atoms in total. The number of rotatable bonds is 3. The first-order valence-electron chi connectivity index (χ1n) is 11.4. The normalized spacial score (nSPS) is 33.0. The fourth-order valence-electron chi connectivity index (χ4n) is 6.57. The number of benzene rings is 1. The predicted molar refractivity (Wildman–Crippen MR) is 114 cm³/mol. The Kier molecular flexibility index (Phi) is 5.00. The molecule has 1 aromatic carbocycles. The van der Waals surface area contributed by atoms with Gasteiger partial charge in [-0.1, -0.05) is 30.3 Å². The van der Waals surface area contributed by atoms with Crippen molar-refractivity contribution >= 4 is 12.0 Å². The zero-order valence-electron chi connectivity index (χ0n) is 17.9. The highest BCUT2D eigenvalue weighted by Gasteiger charge is 2.54. The molecule has 5 rings (SSSR count). The molecule has 1 aromatic rings. The zero-order chi connectivity index (χ0) is 20.8. The number of nitrogens with zero attached hydrogens (tertiary/aromatic N) is 2. The van der Waals surface area contributed by atoms with Crippen molar-refractivity contribution in [1.82, 2.24) is 15.1 Å². The number of carbonyl (C=O) groups is 2. The zero-order valence-corrected chi connectivity index (χ0v) is 17.9. The third-order valence-electron chi connectivity index (χ3n) is 8.39. The minimum Gasteiger partial charge on any atom is -0.453 e. The van der Waals surface area contributed by atoms with Crippen molar-refractivity contribution < 1.29 is 14.3 Å². The number of ether oxygens (including phenoxy) is 1. The van der Waals surface area contributed by atoms with Gasteiger partial charge in [0.15, 0.2) is 0 Å². The highest BCUT2D eigenvalue weighted by Crippen LogP contribution is 2.52. The first kappa shape index (κ1) is 19.9. The van der Waals surface area contributed by atoms with Crippen LogP contribution in [-0.4, -0.2) is 67.2 Å². The molecule has 30 heavy (non-hydrogen) atoms. The van der Waals surface area contributed by atoms with E-state index in [0.717, 1.165) is 51.9 Å². The Morgan fingerprint density at radius 1 is 1.13 bits per heavy atom. The van der Waals surface area contributed by atoms with Gasteiger partial charge in [0.25, 0.3) is 0 Å². The van der Waals surface area contributed by atoms with Crippen LogP contribution in [0.1, 0.15) is 44.1 Å². The predicted octanol–water partition coefficient (Wildman–Crippen LogP) is 2.82. The first-order valence-corrected chi connectivity index (χ1v) is 11.4. The summed E-state index contributed by atoms with van der Waals surface area (Å²) in [6.07, 6.45) is 7.12. The number of hydrogen-bond donors (Lipinski definition) is 1. The average molecular weight is 412 g/mol. The summed E-state index contributed by atoms with van der Waals surface area (Å²) < 4.78 is 4.90. The molecular formula is C24H33N3O3. The Bertz CT molecular complexity index is 797. The van der Waals surface area contributed by atoms with E-state index in [1.807, 2.05) is 11.0 Å². The standard InChI is InChI=1S/C24H33N3O3/c1-30-22(29)27-10-7-23(17-27)14-19(15-23)26-11-8-24(9-12-26)16-21(28)25-20(24)13-18-5-3-2-4-6-18/h2-6,19-20H,7-17H2,1H3,(H,25,28).